The summed E-state index contributed by atoms with van der Waals surface area (Å²) in [6, 6.07) is 3.70. The monoisotopic (exact) mass is 363 g/mol. The maximum Gasteiger partial charge on any atom is 0.224 e. The number of amides is 2. The lowest BCUT2D eigenvalue weighted by atomic mass is 10.2. The van der Waals surface area contributed by atoms with Crippen LogP contribution in [0.1, 0.15) is 51.7 Å². The van der Waals surface area contributed by atoms with Gasteiger partial charge in [0.1, 0.15) is 5.76 Å². The maximum atomic E-state index is 12.6. The molecule has 6 nitrogen and oxygen atoms in total. The van der Waals surface area contributed by atoms with Gasteiger partial charge >= 0.3 is 0 Å². The van der Waals surface area contributed by atoms with Gasteiger partial charge in [-0.05, 0) is 25.1 Å². The molecule has 2 rings (SSSR count). The first kappa shape index (κ1) is 20.5. The molecule has 0 atom stereocenters. The minimum absolute atomic E-state index is 0.110. The van der Waals surface area contributed by atoms with Crippen molar-refractivity contribution in [2.75, 3.05) is 39.3 Å². The Bertz CT molecular complexity index is 537. The van der Waals surface area contributed by atoms with E-state index in [1.807, 2.05) is 17.0 Å². The van der Waals surface area contributed by atoms with Crippen LogP contribution in [-0.4, -0.2) is 65.8 Å². The van der Waals surface area contributed by atoms with Crippen molar-refractivity contribution < 1.29 is 14.0 Å². The Morgan fingerprint density at radius 3 is 2.50 bits per heavy atom. The largest absolute Gasteiger partial charge is 0.467 e. The topological polar surface area (TPSA) is 57.0 Å². The zero-order valence-corrected chi connectivity index (χ0v) is 16.3. The van der Waals surface area contributed by atoms with Gasteiger partial charge in [0.2, 0.25) is 11.8 Å². The second-order valence-corrected chi connectivity index (χ2v) is 6.92. The molecule has 0 aromatic carbocycles. The summed E-state index contributed by atoms with van der Waals surface area (Å²) in [7, 11) is 0. The fourth-order valence-corrected chi connectivity index (χ4v) is 3.27. The first-order valence-corrected chi connectivity index (χ1v) is 9.94. The van der Waals surface area contributed by atoms with Crippen LogP contribution in [0.3, 0.4) is 0 Å². The van der Waals surface area contributed by atoms with Gasteiger partial charge in [0.05, 0.1) is 12.8 Å². The van der Waals surface area contributed by atoms with E-state index in [0.29, 0.717) is 25.9 Å². The predicted octanol–water partition coefficient (Wildman–Crippen LogP) is 2.74. The van der Waals surface area contributed by atoms with Crippen molar-refractivity contribution in [1.82, 2.24) is 14.7 Å². The fraction of sp³-hybridized carbons (Fsp3) is 0.700. The number of piperazine rings is 1. The summed E-state index contributed by atoms with van der Waals surface area (Å²) in [6.07, 6.45) is 5.59. The van der Waals surface area contributed by atoms with Crippen LogP contribution in [0.4, 0.5) is 0 Å². The number of carbonyl (C=O) groups is 2. The fourth-order valence-electron chi connectivity index (χ4n) is 3.27. The van der Waals surface area contributed by atoms with Crippen LogP contribution in [0.2, 0.25) is 0 Å². The number of hydrogen-bond acceptors (Lipinski definition) is 4. The van der Waals surface area contributed by atoms with Crippen molar-refractivity contribution in [1.29, 1.82) is 0 Å². The van der Waals surface area contributed by atoms with E-state index in [4.69, 9.17) is 4.42 Å². The second kappa shape index (κ2) is 11.0. The zero-order chi connectivity index (χ0) is 18.8. The molecule has 2 heterocycles. The van der Waals surface area contributed by atoms with Crippen LogP contribution in [0.5, 0.6) is 0 Å². The van der Waals surface area contributed by atoms with E-state index >= 15 is 0 Å². The number of likely N-dealkylation sites (N-methyl/N-ethyl adjacent to an activating group) is 1. The number of furan rings is 1. The molecule has 0 N–H and O–H groups in total. The van der Waals surface area contributed by atoms with Crippen LogP contribution in [0.25, 0.3) is 0 Å². The molecule has 0 spiro atoms. The van der Waals surface area contributed by atoms with E-state index in [2.05, 4.69) is 18.7 Å². The van der Waals surface area contributed by atoms with Gasteiger partial charge in [0.25, 0.3) is 0 Å². The third-order valence-corrected chi connectivity index (χ3v) is 5.04. The molecule has 0 aliphatic carbocycles. The van der Waals surface area contributed by atoms with E-state index in [0.717, 1.165) is 57.7 Å². The van der Waals surface area contributed by atoms with E-state index in [9.17, 15) is 9.59 Å². The lowest BCUT2D eigenvalue weighted by Gasteiger charge is -2.34. The molecule has 6 heteroatoms. The van der Waals surface area contributed by atoms with Crippen molar-refractivity contribution >= 4 is 11.8 Å². The third-order valence-electron chi connectivity index (χ3n) is 5.04. The van der Waals surface area contributed by atoms with E-state index in [1.165, 1.54) is 0 Å². The van der Waals surface area contributed by atoms with Crippen LogP contribution >= 0.6 is 0 Å². The minimum Gasteiger partial charge on any atom is -0.467 e. The lowest BCUT2D eigenvalue weighted by Crippen LogP contribution is -2.49. The highest BCUT2D eigenvalue weighted by Crippen LogP contribution is 2.11. The normalized spacial score (nSPS) is 15.2. The Morgan fingerprint density at radius 2 is 1.88 bits per heavy atom. The highest BCUT2D eigenvalue weighted by molar-refractivity contribution is 5.79. The van der Waals surface area contributed by atoms with Crippen molar-refractivity contribution in [3.8, 4) is 0 Å². The van der Waals surface area contributed by atoms with E-state index < -0.39 is 0 Å². The van der Waals surface area contributed by atoms with Gasteiger partial charge in [-0.25, -0.2) is 0 Å². The average molecular weight is 364 g/mol. The molecule has 26 heavy (non-hydrogen) atoms. The molecule has 0 saturated carbocycles. The molecule has 1 aromatic heterocycles. The summed E-state index contributed by atoms with van der Waals surface area (Å²) < 4.78 is 5.39. The molecule has 2 amide bonds. The summed E-state index contributed by atoms with van der Waals surface area (Å²) in [5.41, 5.74) is 0. The molecule has 0 radical (unpaired) electrons. The van der Waals surface area contributed by atoms with Gasteiger partial charge in [-0.3, -0.25) is 9.59 Å². The summed E-state index contributed by atoms with van der Waals surface area (Å²) >= 11 is 0. The molecule has 146 valence electrons. The molecule has 1 saturated heterocycles. The number of carbonyl (C=O) groups excluding carboxylic acids is 2. The number of rotatable bonds is 10. The predicted molar refractivity (Wildman–Crippen MR) is 102 cm³/mol. The highest BCUT2D eigenvalue weighted by atomic mass is 16.3. The molecule has 1 fully saturated rings. The summed E-state index contributed by atoms with van der Waals surface area (Å²) in [5.74, 6) is 1.02. The van der Waals surface area contributed by atoms with Gasteiger partial charge in [0.15, 0.2) is 0 Å². The van der Waals surface area contributed by atoms with Gasteiger partial charge in [-0.2, -0.15) is 0 Å². The average Bonchev–Trinajstić information content (AvgIpc) is 3.18. The van der Waals surface area contributed by atoms with Crippen molar-refractivity contribution in [2.45, 2.75) is 52.5 Å². The smallest absolute Gasteiger partial charge is 0.224 e. The van der Waals surface area contributed by atoms with E-state index in [-0.39, 0.29) is 11.8 Å². The highest BCUT2D eigenvalue weighted by Gasteiger charge is 2.22. The molecule has 0 bridgehead atoms. The summed E-state index contributed by atoms with van der Waals surface area (Å²) in [6.45, 7) is 9.65. The Morgan fingerprint density at radius 1 is 1.12 bits per heavy atom. The minimum atomic E-state index is 0.110. The van der Waals surface area contributed by atoms with Crippen LogP contribution in [0, 0.1) is 0 Å². The molecular weight excluding hydrogens is 330 g/mol. The van der Waals surface area contributed by atoms with Gasteiger partial charge in [-0.1, -0.05) is 26.7 Å². The van der Waals surface area contributed by atoms with Gasteiger partial charge in [-0.15, -0.1) is 0 Å². The lowest BCUT2D eigenvalue weighted by molar-refractivity contribution is -0.136. The zero-order valence-electron chi connectivity index (χ0n) is 16.3. The first-order chi connectivity index (χ1) is 12.6. The molecule has 1 aromatic rings. The summed E-state index contributed by atoms with van der Waals surface area (Å²) in [4.78, 5) is 31.1. The van der Waals surface area contributed by atoms with Gasteiger partial charge in [0, 0.05) is 45.6 Å². The Kier molecular flexibility index (Phi) is 8.68. The number of nitrogens with zero attached hydrogens (tertiary/aromatic N) is 3. The second-order valence-electron chi connectivity index (χ2n) is 6.92. The SMILES string of the molecule is CCCCCC(=O)N(CCC(=O)N1CCN(CC)CC1)Cc1ccco1. The van der Waals surface area contributed by atoms with Crippen LogP contribution in [0.15, 0.2) is 22.8 Å². The Balaban J connectivity index is 1.84. The number of hydrogen-bond donors (Lipinski definition) is 0. The Labute approximate surface area is 157 Å². The molecule has 1 aliphatic heterocycles. The molecule has 1 aliphatic rings. The van der Waals surface area contributed by atoms with Crippen LogP contribution < -0.4 is 0 Å². The van der Waals surface area contributed by atoms with Crippen molar-refractivity contribution in [3.63, 3.8) is 0 Å². The standard InChI is InChI=1S/C20H33N3O3/c1-3-5-6-9-19(24)23(17-18-8-7-16-26-18)11-10-20(25)22-14-12-21(4-2)13-15-22/h7-8,16H,3-6,9-15,17H2,1-2H3. The molecule has 0 unspecified atom stereocenters. The first-order valence-electron chi connectivity index (χ1n) is 9.94. The maximum absolute atomic E-state index is 12.6. The van der Waals surface area contributed by atoms with Crippen molar-refractivity contribution in [2.24, 2.45) is 0 Å². The van der Waals surface area contributed by atoms with Crippen molar-refractivity contribution in [3.05, 3.63) is 24.2 Å². The summed E-state index contributed by atoms with van der Waals surface area (Å²) in [5, 5.41) is 0. The van der Waals surface area contributed by atoms with Crippen LogP contribution in [-0.2, 0) is 16.1 Å². The third kappa shape index (κ3) is 6.48. The molecular formula is C20H33N3O3. The number of unbranched alkanes of at least 4 members (excludes halogenated alkanes) is 2. The quantitative estimate of drug-likeness (QED) is 0.600. The Hall–Kier alpha value is -1.82. The van der Waals surface area contributed by atoms with Gasteiger partial charge < -0.3 is 19.1 Å². The van der Waals surface area contributed by atoms with E-state index in [1.54, 1.807) is 11.2 Å².